The molecule has 2 heterocycles. The molecular weight excluding hydrogens is 300 g/mol. The lowest BCUT2D eigenvalue weighted by molar-refractivity contribution is 0.591. The molecule has 0 saturated carbocycles. The molecule has 1 atom stereocenters. The molecular formula is C16H15BrN2. The third-order valence-corrected chi connectivity index (χ3v) is 4.66. The highest BCUT2D eigenvalue weighted by Gasteiger charge is 2.31. The lowest BCUT2D eigenvalue weighted by Crippen LogP contribution is -2.42. The molecule has 2 aromatic carbocycles. The van der Waals surface area contributed by atoms with Crippen LogP contribution in [0.15, 0.2) is 46.9 Å². The Bertz CT molecular complexity index is 638. The molecule has 2 aliphatic heterocycles. The van der Waals surface area contributed by atoms with E-state index in [9.17, 15) is 0 Å². The van der Waals surface area contributed by atoms with E-state index in [0.717, 1.165) is 24.0 Å². The monoisotopic (exact) mass is 314 g/mol. The van der Waals surface area contributed by atoms with Crippen LogP contribution in [0.1, 0.15) is 17.2 Å². The number of hydrogen-bond donors (Lipinski definition) is 1. The number of rotatable bonds is 0. The van der Waals surface area contributed by atoms with E-state index in [0.29, 0.717) is 6.04 Å². The van der Waals surface area contributed by atoms with Crippen molar-refractivity contribution in [3.63, 3.8) is 0 Å². The molecule has 1 N–H and O–H groups in total. The Morgan fingerprint density at radius 2 is 2.05 bits per heavy atom. The number of benzene rings is 2. The first kappa shape index (κ1) is 11.4. The number of anilines is 2. The predicted octanol–water partition coefficient (Wildman–Crippen LogP) is 3.98. The van der Waals surface area contributed by atoms with E-state index in [1.54, 1.807) is 0 Å². The van der Waals surface area contributed by atoms with Gasteiger partial charge in [-0.25, -0.2) is 0 Å². The maximum Gasteiger partial charge on any atom is 0.0718 e. The van der Waals surface area contributed by atoms with Crippen LogP contribution >= 0.6 is 15.9 Å². The van der Waals surface area contributed by atoms with Crippen molar-refractivity contribution in [2.75, 3.05) is 23.3 Å². The Kier molecular flexibility index (Phi) is 2.55. The number of nitrogens with one attached hydrogen (secondary N) is 1. The van der Waals surface area contributed by atoms with Crippen LogP contribution in [0, 0.1) is 0 Å². The van der Waals surface area contributed by atoms with Crippen LogP contribution in [-0.2, 0) is 6.42 Å². The summed E-state index contributed by atoms with van der Waals surface area (Å²) in [5.41, 5.74) is 5.55. The summed E-state index contributed by atoms with van der Waals surface area (Å²) < 4.78 is 1.15. The molecule has 0 aliphatic carbocycles. The van der Waals surface area contributed by atoms with E-state index in [-0.39, 0.29) is 0 Å². The van der Waals surface area contributed by atoms with E-state index in [1.807, 2.05) is 0 Å². The first-order valence-electron chi connectivity index (χ1n) is 6.71. The zero-order valence-corrected chi connectivity index (χ0v) is 12.2. The smallest absolute Gasteiger partial charge is 0.0718 e. The lowest BCUT2D eigenvalue weighted by Gasteiger charge is -2.43. The highest BCUT2D eigenvalue weighted by Crippen LogP contribution is 2.41. The molecule has 0 radical (unpaired) electrons. The van der Waals surface area contributed by atoms with Gasteiger partial charge in [-0.1, -0.05) is 40.2 Å². The second-order valence-electron chi connectivity index (χ2n) is 5.20. The molecule has 0 amide bonds. The molecule has 0 fully saturated rings. The van der Waals surface area contributed by atoms with Gasteiger partial charge in [0.1, 0.15) is 0 Å². The van der Waals surface area contributed by atoms with Crippen LogP contribution in [0.2, 0.25) is 0 Å². The Balaban J connectivity index is 1.83. The minimum absolute atomic E-state index is 0.465. The summed E-state index contributed by atoms with van der Waals surface area (Å²) in [6.45, 7) is 2.10. The van der Waals surface area contributed by atoms with E-state index in [1.165, 1.54) is 22.5 Å². The van der Waals surface area contributed by atoms with Gasteiger partial charge >= 0.3 is 0 Å². The summed E-state index contributed by atoms with van der Waals surface area (Å²) in [7, 11) is 0. The summed E-state index contributed by atoms with van der Waals surface area (Å²) in [6.07, 6.45) is 1.14. The van der Waals surface area contributed by atoms with Crippen molar-refractivity contribution in [3.8, 4) is 0 Å². The lowest BCUT2D eigenvalue weighted by atomic mass is 9.90. The highest BCUT2D eigenvalue weighted by molar-refractivity contribution is 9.10. The van der Waals surface area contributed by atoms with E-state index >= 15 is 0 Å². The molecule has 1 unspecified atom stereocenters. The molecule has 0 saturated heterocycles. The van der Waals surface area contributed by atoms with Crippen molar-refractivity contribution < 1.29 is 0 Å². The number of nitrogens with zero attached hydrogens (tertiary/aromatic N) is 1. The van der Waals surface area contributed by atoms with Crippen LogP contribution in [0.25, 0.3) is 0 Å². The minimum Gasteiger partial charge on any atom is -0.381 e. The summed E-state index contributed by atoms with van der Waals surface area (Å²) in [5.74, 6) is 0. The Labute approximate surface area is 121 Å². The van der Waals surface area contributed by atoms with Gasteiger partial charge < -0.3 is 10.2 Å². The molecule has 0 aromatic heterocycles. The van der Waals surface area contributed by atoms with Gasteiger partial charge in [0, 0.05) is 17.6 Å². The van der Waals surface area contributed by atoms with Crippen LogP contribution in [-0.4, -0.2) is 13.1 Å². The average Bonchev–Trinajstić information content (AvgIpc) is 2.46. The van der Waals surface area contributed by atoms with Gasteiger partial charge in [-0.15, -0.1) is 0 Å². The Morgan fingerprint density at radius 3 is 3.00 bits per heavy atom. The summed E-state index contributed by atoms with van der Waals surface area (Å²) >= 11 is 3.58. The van der Waals surface area contributed by atoms with E-state index < -0.39 is 0 Å². The fraction of sp³-hybridized carbons (Fsp3) is 0.250. The van der Waals surface area contributed by atoms with Crippen molar-refractivity contribution in [1.82, 2.24) is 0 Å². The molecule has 96 valence electrons. The quantitative estimate of drug-likeness (QED) is 0.791. The zero-order valence-electron chi connectivity index (χ0n) is 10.6. The molecule has 19 heavy (non-hydrogen) atoms. The standard InChI is InChI=1S/C16H15BrN2/c17-12-5-6-14-15(9-12)19-8-7-11-3-1-2-4-13(11)16(19)10-18-14/h1-6,9,16,18H,7-8,10H2. The van der Waals surface area contributed by atoms with Gasteiger partial charge in [0.15, 0.2) is 0 Å². The first-order valence-corrected chi connectivity index (χ1v) is 7.50. The van der Waals surface area contributed by atoms with E-state index in [4.69, 9.17) is 0 Å². The molecule has 2 aliphatic rings. The van der Waals surface area contributed by atoms with Gasteiger partial charge in [-0.05, 0) is 35.7 Å². The second kappa shape index (κ2) is 4.27. The maximum atomic E-state index is 3.58. The topological polar surface area (TPSA) is 15.3 Å². The number of fused-ring (bicyclic) bond motifs is 5. The normalized spacial score (nSPS) is 20.1. The third kappa shape index (κ3) is 1.76. The fourth-order valence-corrected chi connectivity index (χ4v) is 3.61. The third-order valence-electron chi connectivity index (χ3n) is 4.17. The number of hydrogen-bond acceptors (Lipinski definition) is 2. The summed E-state index contributed by atoms with van der Waals surface area (Å²) in [6, 6.07) is 15.8. The van der Waals surface area contributed by atoms with Crippen LogP contribution in [0.4, 0.5) is 11.4 Å². The first-order chi connectivity index (χ1) is 9.33. The van der Waals surface area contributed by atoms with Gasteiger partial charge in [0.05, 0.1) is 17.4 Å². The molecule has 0 spiro atoms. The van der Waals surface area contributed by atoms with Crippen molar-refractivity contribution >= 4 is 27.3 Å². The molecule has 2 nitrogen and oxygen atoms in total. The maximum absolute atomic E-state index is 3.58. The molecule has 4 rings (SSSR count). The Morgan fingerprint density at radius 1 is 1.16 bits per heavy atom. The summed E-state index contributed by atoms with van der Waals surface area (Å²) in [4.78, 5) is 2.54. The molecule has 3 heteroatoms. The van der Waals surface area contributed by atoms with Crippen molar-refractivity contribution in [2.24, 2.45) is 0 Å². The minimum atomic E-state index is 0.465. The van der Waals surface area contributed by atoms with Crippen LogP contribution in [0.3, 0.4) is 0 Å². The largest absolute Gasteiger partial charge is 0.381 e. The van der Waals surface area contributed by atoms with Crippen LogP contribution in [0.5, 0.6) is 0 Å². The van der Waals surface area contributed by atoms with Gasteiger partial charge in [-0.2, -0.15) is 0 Å². The van der Waals surface area contributed by atoms with E-state index in [2.05, 4.69) is 68.6 Å². The van der Waals surface area contributed by atoms with Crippen LogP contribution < -0.4 is 10.2 Å². The number of halogens is 1. The predicted molar refractivity (Wildman–Crippen MR) is 82.9 cm³/mol. The van der Waals surface area contributed by atoms with Gasteiger partial charge in [0.25, 0.3) is 0 Å². The average molecular weight is 315 g/mol. The highest BCUT2D eigenvalue weighted by atomic mass is 79.9. The fourth-order valence-electron chi connectivity index (χ4n) is 3.26. The van der Waals surface area contributed by atoms with Crippen molar-refractivity contribution in [1.29, 1.82) is 0 Å². The van der Waals surface area contributed by atoms with Crippen molar-refractivity contribution in [2.45, 2.75) is 12.5 Å². The molecule has 0 bridgehead atoms. The van der Waals surface area contributed by atoms with Crippen molar-refractivity contribution in [3.05, 3.63) is 58.1 Å². The van der Waals surface area contributed by atoms with Gasteiger partial charge in [0.2, 0.25) is 0 Å². The SMILES string of the molecule is Brc1ccc2c(c1)N1CCc3ccccc3C1CN2. The van der Waals surface area contributed by atoms with Gasteiger partial charge in [-0.3, -0.25) is 0 Å². The summed E-state index contributed by atoms with van der Waals surface area (Å²) in [5, 5.41) is 3.57. The molecule has 2 aromatic rings. The zero-order chi connectivity index (χ0) is 12.8. The Hall–Kier alpha value is -1.48. The second-order valence-corrected chi connectivity index (χ2v) is 6.12.